The molecule has 7 heteroatoms. The van der Waals surface area contributed by atoms with Crippen molar-refractivity contribution in [3.8, 4) is 0 Å². The summed E-state index contributed by atoms with van der Waals surface area (Å²) in [7, 11) is 0. The van der Waals surface area contributed by atoms with Crippen molar-refractivity contribution in [2.24, 2.45) is 0 Å². The SMILES string of the molecule is CC[NH+]1CCN(C(=O)[C@@H](C)Sc2nc(C)nc3sc4c(c23)CCCC4)CC1. The average Bonchev–Trinajstić information content (AvgIpc) is 3.05. The van der Waals surface area contributed by atoms with Crippen LogP contribution in [-0.2, 0) is 17.6 Å². The summed E-state index contributed by atoms with van der Waals surface area (Å²) in [5.41, 5.74) is 1.45. The lowest BCUT2D eigenvalue weighted by atomic mass is 9.97. The zero-order valence-electron chi connectivity index (χ0n) is 16.5. The third-order valence-electron chi connectivity index (χ3n) is 5.81. The van der Waals surface area contributed by atoms with Crippen LogP contribution in [0.3, 0.4) is 0 Å². The maximum atomic E-state index is 13.0. The van der Waals surface area contributed by atoms with E-state index in [1.807, 2.05) is 30.1 Å². The van der Waals surface area contributed by atoms with Gasteiger partial charge >= 0.3 is 0 Å². The van der Waals surface area contributed by atoms with Gasteiger partial charge in [-0.1, -0.05) is 11.8 Å². The van der Waals surface area contributed by atoms with Gasteiger partial charge in [0.25, 0.3) is 0 Å². The maximum Gasteiger partial charge on any atom is 0.236 e. The highest BCUT2D eigenvalue weighted by molar-refractivity contribution is 8.00. The van der Waals surface area contributed by atoms with E-state index in [1.54, 1.807) is 16.7 Å². The Morgan fingerprint density at radius 2 is 2.00 bits per heavy atom. The van der Waals surface area contributed by atoms with Crippen LogP contribution in [0.25, 0.3) is 10.2 Å². The van der Waals surface area contributed by atoms with Crippen LogP contribution in [0.2, 0.25) is 0 Å². The fraction of sp³-hybridized carbons (Fsp3) is 0.650. The number of fused-ring (bicyclic) bond motifs is 3. The number of carbonyl (C=O) groups excluding carboxylic acids is 1. The molecule has 1 atom stereocenters. The zero-order valence-corrected chi connectivity index (χ0v) is 18.1. The Hall–Kier alpha value is -1.18. The van der Waals surface area contributed by atoms with E-state index in [1.165, 1.54) is 28.7 Å². The molecule has 0 spiro atoms. The molecule has 0 unspecified atom stereocenters. The van der Waals surface area contributed by atoms with Crippen molar-refractivity contribution in [3.05, 3.63) is 16.3 Å². The lowest BCUT2D eigenvalue weighted by molar-refractivity contribution is -0.902. The molecule has 5 nitrogen and oxygen atoms in total. The number of thioether (sulfide) groups is 1. The normalized spacial score (nSPS) is 19.3. The fourth-order valence-corrected chi connectivity index (χ4v) is 6.66. The van der Waals surface area contributed by atoms with Gasteiger partial charge < -0.3 is 9.80 Å². The molecule has 1 aliphatic heterocycles. The quantitative estimate of drug-likeness (QED) is 0.625. The van der Waals surface area contributed by atoms with E-state index in [9.17, 15) is 4.79 Å². The predicted molar refractivity (Wildman–Crippen MR) is 112 cm³/mol. The smallest absolute Gasteiger partial charge is 0.236 e. The topological polar surface area (TPSA) is 50.5 Å². The van der Waals surface area contributed by atoms with Crippen molar-refractivity contribution in [2.75, 3.05) is 32.7 Å². The molecule has 2 aliphatic rings. The van der Waals surface area contributed by atoms with Gasteiger partial charge in [0.15, 0.2) is 0 Å². The van der Waals surface area contributed by atoms with E-state index in [0.717, 1.165) is 61.2 Å². The monoisotopic (exact) mass is 405 g/mol. The molecule has 0 bridgehead atoms. The Bertz CT molecular complexity index is 842. The van der Waals surface area contributed by atoms with Gasteiger partial charge in [0, 0.05) is 10.3 Å². The number of amides is 1. The molecule has 0 radical (unpaired) electrons. The standard InChI is InChI=1S/C20H28N4OS2/c1-4-23-9-11-24(12-10-23)20(25)13(2)26-18-17-15-7-5-6-8-16(15)27-19(17)22-14(3)21-18/h13H,4-12H2,1-3H3/p+1/t13-/m1/s1. The van der Waals surface area contributed by atoms with Gasteiger partial charge in [-0.05, 0) is 52.0 Å². The summed E-state index contributed by atoms with van der Waals surface area (Å²) >= 11 is 3.46. The number of rotatable bonds is 4. The van der Waals surface area contributed by atoms with Crippen LogP contribution in [0.5, 0.6) is 0 Å². The molecular weight excluding hydrogens is 376 g/mol. The summed E-state index contributed by atoms with van der Waals surface area (Å²) < 4.78 is 0. The first kappa shape index (κ1) is 19.2. The van der Waals surface area contributed by atoms with Crippen LogP contribution in [0, 0.1) is 6.92 Å². The maximum absolute atomic E-state index is 13.0. The van der Waals surface area contributed by atoms with E-state index in [4.69, 9.17) is 9.97 Å². The minimum atomic E-state index is -0.107. The van der Waals surface area contributed by atoms with E-state index >= 15 is 0 Å². The molecule has 1 amide bonds. The van der Waals surface area contributed by atoms with Crippen LogP contribution < -0.4 is 4.90 Å². The molecule has 0 saturated carbocycles. The van der Waals surface area contributed by atoms with E-state index < -0.39 is 0 Å². The summed E-state index contributed by atoms with van der Waals surface area (Å²) in [5.74, 6) is 1.06. The minimum Gasteiger partial charge on any atom is -0.332 e. The molecule has 2 aromatic heterocycles. The van der Waals surface area contributed by atoms with Gasteiger partial charge in [-0.15, -0.1) is 11.3 Å². The number of hydrogen-bond acceptors (Lipinski definition) is 5. The summed E-state index contributed by atoms with van der Waals surface area (Å²) in [6.07, 6.45) is 4.81. The zero-order chi connectivity index (χ0) is 19.0. The van der Waals surface area contributed by atoms with E-state index in [2.05, 4.69) is 6.92 Å². The van der Waals surface area contributed by atoms with Crippen molar-refractivity contribution >= 4 is 39.2 Å². The molecule has 1 aliphatic carbocycles. The summed E-state index contributed by atoms with van der Waals surface area (Å²) in [4.78, 5) is 28.7. The predicted octanol–water partition coefficient (Wildman–Crippen LogP) is 2.11. The molecule has 146 valence electrons. The van der Waals surface area contributed by atoms with Crippen LogP contribution in [0.4, 0.5) is 0 Å². The van der Waals surface area contributed by atoms with Gasteiger partial charge in [-0.25, -0.2) is 9.97 Å². The van der Waals surface area contributed by atoms with Crippen LogP contribution >= 0.6 is 23.1 Å². The number of nitrogens with one attached hydrogen (secondary N) is 1. The number of likely N-dealkylation sites (N-methyl/N-ethyl adjacent to an activating group) is 1. The lowest BCUT2D eigenvalue weighted by Crippen LogP contribution is -3.14. The number of aromatic nitrogens is 2. The lowest BCUT2D eigenvalue weighted by Gasteiger charge is -2.33. The Labute approximate surface area is 169 Å². The highest BCUT2D eigenvalue weighted by Gasteiger charge is 2.28. The second kappa shape index (κ2) is 8.05. The van der Waals surface area contributed by atoms with E-state index in [-0.39, 0.29) is 11.2 Å². The minimum absolute atomic E-state index is 0.107. The first-order valence-corrected chi connectivity index (χ1v) is 11.8. The molecular formula is C20H29N4OS2+. The number of thiophene rings is 1. The molecule has 1 N–H and O–H groups in total. The number of nitrogens with zero attached hydrogens (tertiary/aromatic N) is 3. The number of hydrogen-bond donors (Lipinski definition) is 1. The molecule has 4 rings (SSSR count). The van der Waals surface area contributed by atoms with Gasteiger partial charge in [0.05, 0.1) is 38.0 Å². The molecule has 0 aromatic carbocycles. The number of quaternary nitrogens is 1. The van der Waals surface area contributed by atoms with E-state index in [0.29, 0.717) is 0 Å². The Kier molecular flexibility index (Phi) is 5.71. The van der Waals surface area contributed by atoms with Gasteiger partial charge in [0.2, 0.25) is 5.91 Å². The van der Waals surface area contributed by atoms with Gasteiger partial charge in [0.1, 0.15) is 15.7 Å². The fourth-order valence-electron chi connectivity index (χ4n) is 4.18. The number of carbonyl (C=O) groups is 1. The van der Waals surface area contributed by atoms with Crippen molar-refractivity contribution in [2.45, 2.75) is 56.7 Å². The summed E-state index contributed by atoms with van der Waals surface area (Å²) in [6.45, 7) is 11.2. The highest BCUT2D eigenvalue weighted by Crippen LogP contribution is 2.40. The van der Waals surface area contributed by atoms with Crippen LogP contribution in [-0.4, -0.2) is 58.7 Å². The van der Waals surface area contributed by atoms with Crippen molar-refractivity contribution in [1.29, 1.82) is 0 Å². The second-order valence-electron chi connectivity index (χ2n) is 7.66. The Morgan fingerprint density at radius 1 is 1.26 bits per heavy atom. The van der Waals surface area contributed by atoms with Gasteiger partial charge in [-0.3, -0.25) is 4.79 Å². The molecule has 1 saturated heterocycles. The molecule has 27 heavy (non-hydrogen) atoms. The van der Waals surface area contributed by atoms with Crippen molar-refractivity contribution in [3.63, 3.8) is 0 Å². The molecule has 3 heterocycles. The first-order valence-electron chi connectivity index (χ1n) is 10.1. The average molecular weight is 406 g/mol. The third-order valence-corrected chi connectivity index (χ3v) is 8.07. The number of aryl methyl sites for hydroxylation is 3. The largest absolute Gasteiger partial charge is 0.332 e. The summed E-state index contributed by atoms with van der Waals surface area (Å²) in [6, 6.07) is 0. The second-order valence-corrected chi connectivity index (χ2v) is 10.1. The van der Waals surface area contributed by atoms with Crippen LogP contribution in [0.1, 0.15) is 43.0 Å². The van der Waals surface area contributed by atoms with Crippen LogP contribution in [0.15, 0.2) is 5.03 Å². The third kappa shape index (κ3) is 3.87. The Balaban J connectivity index is 1.56. The number of piperazine rings is 1. The van der Waals surface area contributed by atoms with Crippen molar-refractivity contribution in [1.82, 2.24) is 14.9 Å². The van der Waals surface area contributed by atoms with Gasteiger partial charge in [-0.2, -0.15) is 0 Å². The Morgan fingerprint density at radius 3 is 2.74 bits per heavy atom. The van der Waals surface area contributed by atoms with Crippen molar-refractivity contribution < 1.29 is 9.69 Å². The highest BCUT2D eigenvalue weighted by atomic mass is 32.2. The summed E-state index contributed by atoms with van der Waals surface area (Å²) in [5, 5.41) is 2.13. The molecule has 1 fully saturated rings. The first-order chi connectivity index (χ1) is 13.1. The molecule has 2 aromatic rings.